The van der Waals surface area contributed by atoms with Gasteiger partial charge in [-0.3, -0.25) is 24.0 Å². The minimum atomic E-state index is -1.45. The number of hydrogen-bond donors (Lipinski definition) is 8. The van der Waals surface area contributed by atoms with Crippen molar-refractivity contribution in [3.8, 4) is 0 Å². The number of imidazole rings is 1. The zero-order chi connectivity index (χ0) is 30.0. The number of aliphatic carboxylic acids is 1. The number of likely N-dealkylation sites (tertiary alicyclic amines) is 1. The SMILES string of the molecule is CC[C@H](C)[C@H](NC(=O)[C@@H](N)CS)C(=O)N[C@@H](Cc1cnc[nH]1)C(=O)N[C@@H](CC(N)=O)C(=O)N1CCC[C@H]1C(=O)O. The van der Waals surface area contributed by atoms with Crippen LogP contribution in [0.15, 0.2) is 12.5 Å². The van der Waals surface area contributed by atoms with Crippen molar-refractivity contribution in [2.45, 2.75) is 76.2 Å². The van der Waals surface area contributed by atoms with Crippen molar-refractivity contribution in [3.63, 3.8) is 0 Å². The molecule has 40 heavy (non-hydrogen) atoms. The molecule has 6 atom stereocenters. The molecular weight excluding hydrogens is 544 g/mol. The van der Waals surface area contributed by atoms with Crippen LogP contribution in [0.4, 0.5) is 0 Å². The van der Waals surface area contributed by atoms with E-state index in [4.69, 9.17) is 11.5 Å². The van der Waals surface area contributed by atoms with E-state index in [9.17, 15) is 33.9 Å². The first-order chi connectivity index (χ1) is 18.9. The summed E-state index contributed by atoms with van der Waals surface area (Å²) in [6.45, 7) is 3.71. The Bertz CT molecular complexity index is 1070. The van der Waals surface area contributed by atoms with Gasteiger partial charge in [-0.15, -0.1) is 0 Å². The Morgan fingerprint density at radius 3 is 2.38 bits per heavy atom. The smallest absolute Gasteiger partial charge is 0.326 e. The van der Waals surface area contributed by atoms with Gasteiger partial charge in [-0.2, -0.15) is 12.6 Å². The lowest BCUT2D eigenvalue weighted by Gasteiger charge is -2.29. The van der Waals surface area contributed by atoms with Crippen molar-refractivity contribution in [1.29, 1.82) is 0 Å². The average molecular weight is 583 g/mol. The Labute approximate surface area is 237 Å². The van der Waals surface area contributed by atoms with Crippen LogP contribution in [0, 0.1) is 5.92 Å². The van der Waals surface area contributed by atoms with Crippen LogP contribution in [0.2, 0.25) is 0 Å². The molecule has 1 aromatic rings. The molecule has 0 unspecified atom stereocenters. The first kappa shape index (κ1) is 32.6. The van der Waals surface area contributed by atoms with E-state index in [0.717, 1.165) is 4.90 Å². The molecule has 9 N–H and O–H groups in total. The molecule has 0 radical (unpaired) electrons. The molecule has 0 saturated carbocycles. The highest BCUT2D eigenvalue weighted by atomic mass is 32.1. The lowest BCUT2D eigenvalue weighted by molar-refractivity contribution is -0.149. The third-order valence-electron chi connectivity index (χ3n) is 6.78. The van der Waals surface area contributed by atoms with Gasteiger partial charge < -0.3 is 42.4 Å². The molecule has 0 aromatic carbocycles. The number of H-pyrrole nitrogens is 1. The maximum absolute atomic E-state index is 13.5. The van der Waals surface area contributed by atoms with E-state index in [-0.39, 0.29) is 31.1 Å². The standard InChI is InChI=1S/C24H38N8O7S/c1-3-12(2)19(31-20(34)14(25)10-40)22(36)29-15(7-13-9-27-11-28-13)21(35)30-16(8-18(26)33)23(37)32-6-4-5-17(32)24(38)39/h9,11-12,14-17,19,40H,3-8,10,25H2,1-2H3,(H2,26,33)(H,27,28)(H,29,36)(H,30,35)(H,31,34)(H,38,39)/t12-,14-,15-,16-,17-,19-/m0/s1. The molecule has 1 aromatic heterocycles. The number of nitrogens with one attached hydrogen (secondary N) is 4. The lowest BCUT2D eigenvalue weighted by atomic mass is 9.97. The average Bonchev–Trinajstić information content (AvgIpc) is 3.61. The van der Waals surface area contributed by atoms with Crippen molar-refractivity contribution < 1.29 is 33.9 Å². The monoisotopic (exact) mass is 582 g/mol. The number of aromatic amines is 1. The topological polar surface area (TPSA) is 243 Å². The normalized spacial score (nSPS) is 18.6. The third kappa shape index (κ3) is 8.94. The summed E-state index contributed by atoms with van der Waals surface area (Å²) in [5, 5.41) is 17.2. The number of carboxylic acid groups (broad SMARTS) is 1. The molecular formula is C24H38N8O7S. The maximum Gasteiger partial charge on any atom is 0.326 e. The summed E-state index contributed by atoms with van der Waals surface area (Å²) in [7, 11) is 0. The molecule has 1 aliphatic heterocycles. The second-order valence-electron chi connectivity index (χ2n) is 9.76. The van der Waals surface area contributed by atoms with Crippen molar-refractivity contribution >= 4 is 48.1 Å². The van der Waals surface area contributed by atoms with Crippen molar-refractivity contribution in [2.24, 2.45) is 17.4 Å². The van der Waals surface area contributed by atoms with E-state index in [1.54, 1.807) is 6.92 Å². The summed E-state index contributed by atoms with van der Waals surface area (Å²) in [5.74, 6) is -5.22. The Hall–Kier alpha value is -3.66. The zero-order valence-corrected chi connectivity index (χ0v) is 23.4. The largest absolute Gasteiger partial charge is 0.480 e. The molecule has 2 heterocycles. The van der Waals surface area contributed by atoms with Crippen LogP contribution in [0.5, 0.6) is 0 Å². The molecule has 16 heteroatoms. The number of amides is 5. The van der Waals surface area contributed by atoms with Gasteiger partial charge >= 0.3 is 5.97 Å². The van der Waals surface area contributed by atoms with Gasteiger partial charge in [0.25, 0.3) is 0 Å². The van der Waals surface area contributed by atoms with E-state index in [1.165, 1.54) is 12.5 Å². The number of rotatable bonds is 15. The van der Waals surface area contributed by atoms with Gasteiger partial charge in [0.1, 0.15) is 24.2 Å². The Balaban J connectivity index is 2.30. The lowest BCUT2D eigenvalue weighted by Crippen LogP contribution is -2.60. The van der Waals surface area contributed by atoms with E-state index < -0.39 is 72.1 Å². The molecule has 1 fully saturated rings. The van der Waals surface area contributed by atoms with Gasteiger partial charge in [0.2, 0.25) is 29.5 Å². The van der Waals surface area contributed by atoms with Gasteiger partial charge in [0.15, 0.2) is 0 Å². The number of thiol groups is 1. The molecule has 1 saturated heterocycles. The van der Waals surface area contributed by atoms with E-state index >= 15 is 0 Å². The quantitative estimate of drug-likeness (QED) is 0.103. The molecule has 5 amide bonds. The molecule has 1 aliphatic rings. The summed E-state index contributed by atoms with van der Waals surface area (Å²) in [6, 6.07) is -5.81. The van der Waals surface area contributed by atoms with Crippen LogP contribution in [0.25, 0.3) is 0 Å². The fraction of sp³-hybridized carbons (Fsp3) is 0.625. The van der Waals surface area contributed by atoms with Gasteiger partial charge in [0.05, 0.1) is 18.8 Å². The summed E-state index contributed by atoms with van der Waals surface area (Å²) < 4.78 is 0. The van der Waals surface area contributed by atoms with Crippen LogP contribution < -0.4 is 27.4 Å². The molecule has 0 aliphatic carbocycles. The molecule has 222 valence electrons. The number of primary amides is 1. The van der Waals surface area contributed by atoms with Crippen molar-refractivity contribution in [2.75, 3.05) is 12.3 Å². The number of carbonyl (C=O) groups is 6. The maximum atomic E-state index is 13.5. The van der Waals surface area contributed by atoms with Crippen molar-refractivity contribution in [3.05, 3.63) is 18.2 Å². The predicted octanol–water partition coefficient (Wildman–Crippen LogP) is -2.34. The van der Waals surface area contributed by atoms with E-state index in [0.29, 0.717) is 18.5 Å². The van der Waals surface area contributed by atoms with Crippen LogP contribution >= 0.6 is 12.6 Å². The van der Waals surface area contributed by atoms with Gasteiger partial charge in [0, 0.05) is 30.6 Å². The Kier molecular flexibility index (Phi) is 12.4. The zero-order valence-electron chi connectivity index (χ0n) is 22.5. The number of nitrogens with two attached hydrogens (primary N) is 2. The summed E-state index contributed by atoms with van der Waals surface area (Å²) in [4.78, 5) is 83.6. The number of nitrogens with zero attached hydrogens (tertiary/aromatic N) is 2. The number of hydrogen-bond acceptors (Lipinski definition) is 9. The predicted molar refractivity (Wildman–Crippen MR) is 146 cm³/mol. The summed E-state index contributed by atoms with van der Waals surface area (Å²) in [5.41, 5.74) is 11.5. The van der Waals surface area contributed by atoms with Crippen LogP contribution in [-0.4, -0.2) is 98.0 Å². The van der Waals surface area contributed by atoms with Crippen LogP contribution in [0.1, 0.15) is 45.2 Å². The fourth-order valence-corrected chi connectivity index (χ4v) is 4.46. The molecule has 15 nitrogen and oxygen atoms in total. The first-order valence-corrected chi connectivity index (χ1v) is 13.6. The number of carboxylic acids is 1. The van der Waals surface area contributed by atoms with E-state index in [2.05, 4.69) is 38.5 Å². The van der Waals surface area contributed by atoms with E-state index in [1.807, 2.05) is 6.92 Å². The third-order valence-corrected chi connectivity index (χ3v) is 7.17. The summed E-state index contributed by atoms with van der Waals surface area (Å²) in [6.07, 6.45) is 3.36. The highest BCUT2D eigenvalue weighted by Gasteiger charge is 2.39. The molecule has 2 rings (SSSR count). The molecule has 0 bridgehead atoms. The van der Waals surface area contributed by atoms with Crippen LogP contribution in [-0.2, 0) is 35.2 Å². The first-order valence-electron chi connectivity index (χ1n) is 13.0. The second kappa shape index (κ2) is 15.2. The van der Waals surface area contributed by atoms with Crippen molar-refractivity contribution in [1.82, 2.24) is 30.8 Å². The number of carbonyl (C=O) groups excluding carboxylic acids is 5. The Morgan fingerprint density at radius 2 is 1.82 bits per heavy atom. The summed E-state index contributed by atoms with van der Waals surface area (Å²) >= 11 is 4.01. The second-order valence-corrected chi connectivity index (χ2v) is 10.1. The number of aromatic nitrogens is 2. The highest BCUT2D eigenvalue weighted by Crippen LogP contribution is 2.19. The fourth-order valence-electron chi connectivity index (χ4n) is 4.29. The van der Waals surface area contributed by atoms with Gasteiger partial charge in [-0.05, 0) is 18.8 Å². The minimum absolute atomic E-state index is 0.0561. The van der Waals surface area contributed by atoms with Crippen LogP contribution in [0.3, 0.4) is 0 Å². The molecule has 0 spiro atoms. The van der Waals surface area contributed by atoms with Gasteiger partial charge in [-0.25, -0.2) is 9.78 Å². The highest BCUT2D eigenvalue weighted by molar-refractivity contribution is 7.80. The minimum Gasteiger partial charge on any atom is -0.480 e. The Morgan fingerprint density at radius 1 is 1.15 bits per heavy atom. The van der Waals surface area contributed by atoms with Gasteiger partial charge in [-0.1, -0.05) is 20.3 Å².